The molecule has 1 saturated heterocycles. The number of carbonyl (C=O) groups excluding carboxylic acids is 1. The van der Waals surface area contributed by atoms with Gasteiger partial charge in [-0.15, -0.1) is 11.6 Å². The zero-order valence-corrected chi connectivity index (χ0v) is 8.50. The predicted octanol–water partition coefficient (Wildman–Crippen LogP) is 0.792. The highest BCUT2D eigenvalue weighted by Gasteiger charge is 2.27. The minimum Gasteiger partial charge on any atom is -0.348 e. The third-order valence-electron chi connectivity index (χ3n) is 2.37. The van der Waals surface area contributed by atoms with Gasteiger partial charge in [-0.1, -0.05) is 0 Å². The van der Waals surface area contributed by atoms with E-state index in [1.165, 1.54) is 0 Å². The predicted molar refractivity (Wildman–Crippen MR) is 53.1 cm³/mol. The largest absolute Gasteiger partial charge is 0.348 e. The highest BCUT2D eigenvalue weighted by Crippen LogP contribution is 2.16. The number of hydrogen-bond acceptors (Lipinski definition) is 2. The zero-order valence-electron chi connectivity index (χ0n) is 7.74. The molecule has 1 aliphatic heterocycles. The summed E-state index contributed by atoms with van der Waals surface area (Å²) in [5.41, 5.74) is 1.05. The summed E-state index contributed by atoms with van der Waals surface area (Å²) in [6.45, 7) is 1.40. The van der Waals surface area contributed by atoms with Crippen LogP contribution in [0.25, 0.3) is 0 Å². The topological polar surface area (TPSA) is 49.0 Å². The summed E-state index contributed by atoms with van der Waals surface area (Å²) in [4.78, 5) is 20.1. The van der Waals surface area contributed by atoms with Crippen molar-refractivity contribution >= 4 is 17.5 Å². The van der Waals surface area contributed by atoms with Gasteiger partial charge in [0.25, 0.3) is 0 Å². The molecule has 1 aromatic heterocycles. The first-order chi connectivity index (χ1) is 6.75. The molecule has 14 heavy (non-hydrogen) atoms. The lowest BCUT2D eigenvalue weighted by molar-refractivity contribution is -0.127. The molecule has 0 radical (unpaired) electrons. The van der Waals surface area contributed by atoms with Crippen LogP contribution in [0.15, 0.2) is 12.5 Å². The second-order valence-corrected chi connectivity index (χ2v) is 4.09. The van der Waals surface area contributed by atoms with E-state index in [9.17, 15) is 4.79 Å². The minimum atomic E-state index is -0.00994. The highest BCUT2D eigenvalue weighted by molar-refractivity contribution is 6.22. The molecule has 4 nitrogen and oxygen atoms in total. The average Bonchev–Trinajstić information content (AvgIpc) is 2.72. The molecular formula is C9H12ClN3O. The molecule has 0 bridgehead atoms. The van der Waals surface area contributed by atoms with E-state index in [0.29, 0.717) is 13.0 Å². The van der Waals surface area contributed by atoms with Crippen molar-refractivity contribution in [2.24, 2.45) is 0 Å². The molecule has 0 saturated carbocycles. The lowest BCUT2D eigenvalue weighted by Gasteiger charge is -2.14. The Balaban J connectivity index is 1.84. The Morgan fingerprint density at radius 3 is 3.14 bits per heavy atom. The van der Waals surface area contributed by atoms with Gasteiger partial charge in [0.1, 0.15) is 0 Å². The number of aromatic nitrogens is 2. The first kappa shape index (κ1) is 9.52. The van der Waals surface area contributed by atoms with Crippen molar-refractivity contribution in [1.82, 2.24) is 14.9 Å². The van der Waals surface area contributed by atoms with E-state index in [2.05, 4.69) is 9.97 Å². The smallest absolute Gasteiger partial charge is 0.224 e. The van der Waals surface area contributed by atoms with Crippen LogP contribution in [0.2, 0.25) is 0 Å². The monoisotopic (exact) mass is 213 g/mol. The molecule has 1 aliphatic rings. The molecule has 76 valence electrons. The first-order valence-electron chi connectivity index (χ1n) is 4.65. The maximum atomic E-state index is 11.4. The summed E-state index contributed by atoms with van der Waals surface area (Å²) in [5.74, 6) is 0.157. The van der Waals surface area contributed by atoms with Crippen LogP contribution in [0.4, 0.5) is 0 Å². The standard InChI is InChI=1S/C9H12ClN3O/c10-7-3-9(14)13(5-7)2-1-8-4-11-6-12-8/h4,6-7H,1-3,5H2,(H,11,12). The van der Waals surface area contributed by atoms with Crippen molar-refractivity contribution < 1.29 is 4.79 Å². The summed E-state index contributed by atoms with van der Waals surface area (Å²) in [6.07, 6.45) is 4.71. The molecule has 2 heterocycles. The lowest BCUT2D eigenvalue weighted by atomic mass is 10.3. The van der Waals surface area contributed by atoms with E-state index in [4.69, 9.17) is 11.6 Å². The Kier molecular flexibility index (Phi) is 2.72. The minimum absolute atomic E-state index is 0.00994. The Labute approximate surface area is 87.3 Å². The fourth-order valence-corrected chi connectivity index (χ4v) is 1.92. The van der Waals surface area contributed by atoms with Gasteiger partial charge in [0.2, 0.25) is 5.91 Å². The number of alkyl halides is 1. The van der Waals surface area contributed by atoms with Crippen LogP contribution in [0.1, 0.15) is 12.1 Å². The number of amides is 1. The Hall–Kier alpha value is -1.03. The van der Waals surface area contributed by atoms with E-state index in [1.807, 2.05) is 0 Å². The average molecular weight is 214 g/mol. The second kappa shape index (κ2) is 4.00. The van der Waals surface area contributed by atoms with E-state index in [0.717, 1.165) is 18.7 Å². The summed E-state index contributed by atoms with van der Waals surface area (Å²) < 4.78 is 0. The SMILES string of the molecule is O=C1CC(Cl)CN1CCc1cnc[nH]1. The van der Waals surface area contributed by atoms with Crippen LogP contribution in [0.5, 0.6) is 0 Å². The molecule has 0 spiro atoms. The normalized spacial score (nSPS) is 21.9. The van der Waals surface area contributed by atoms with Gasteiger partial charge >= 0.3 is 0 Å². The maximum Gasteiger partial charge on any atom is 0.224 e. The van der Waals surface area contributed by atoms with Crippen LogP contribution in [0.3, 0.4) is 0 Å². The fraction of sp³-hybridized carbons (Fsp3) is 0.556. The number of H-pyrrole nitrogens is 1. The summed E-state index contributed by atoms with van der Waals surface area (Å²) in [5, 5.41) is -0.00994. The van der Waals surface area contributed by atoms with Gasteiger partial charge in [0.15, 0.2) is 0 Å². The number of nitrogens with one attached hydrogen (secondary N) is 1. The van der Waals surface area contributed by atoms with Crippen LogP contribution in [-0.2, 0) is 11.2 Å². The van der Waals surface area contributed by atoms with E-state index >= 15 is 0 Å². The van der Waals surface area contributed by atoms with Gasteiger partial charge in [-0.25, -0.2) is 4.98 Å². The number of carbonyl (C=O) groups is 1. The molecule has 0 aromatic carbocycles. The molecule has 1 unspecified atom stereocenters. The number of imidazole rings is 1. The molecule has 5 heteroatoms. The molecule has 1 atom stereocenters. The van der Waals surface area contributed by atoms with Crippen LogP contribution in [0, 0.1) is 0 Å². The molecule has 2 rings (SSSR count). The molecular weight excluding hydrogens is 202 g/mol. The zero-order chi connectivity index (χ0) is 9.97. The Morgan fingerprint density at radius 1 is 1.71 bits per heavy atom. The lowest BCUT2D eigenvalue weighted by Crippen LogP contribution is -2.27. The maximum absolute atomic E-state index is 11.4. The van der Waals surface area contributed by atoms with Gasteiger partial charge in [-0.05, 0) is 0 Å². The van der Waals surface area contributed by atoms with Gasteiger partial charge < -0.3 is 9.88 Å². The number of rotatable bonds is 3. The molecule has 1 fully saturated rings. The summed E-state index contributed by atoms with van der Waals surface area (Å²) in [6, 6.07) is 0. The van der Waals surface area contributed by atoms with Gasteiger partial charge in [-0.2, -0.15) is 0 Å². The number of likely N-dealkylation sites (tertiary alicyclic amines) is 1. The fourth-order valence-electron chi connectivity index (χ4n) is 1.62. The first-order valence-corrected chi connectivity index (χ1v) is 5.08. The van der Waals surface area contributed by atoms with Gasteiger partial charge in [-0.3, -0.25) is 4.79 Å². The Morgan fingerprint density at radius 2 is 2.57 bits per heavy atom. The van der Waals surface area contributed by atoms with E-state index in [-0.39, 0.29) is 11.3 Å². The second-order valence-electron chi connectivity index (χ2n) is 3.47. The third-order valence-corrected chi connectivity index (χ3v) is 2.67. The molecule has 1 N–H and O–H groups in total. The van der Waals surface area contributed by atoms with Crippen molar-refractivity contribution in [1.29, 1.82) is 0 Å². The number of hydrogen-bond donors (Lipinski definition) is 1. The van der Waals surface area contributed by atoms with Crippen LogP contribution < -0.4 is 0 Å². The Bertz CT molecular complexity index is 312. The van der Waals surface area contributed by atoms with Crippen molar-refractivity contribution in [2.45, 2.75) is 18.2 Å². The number of aromatic amines is 1. The quantitative estimate of drug-likeness (QED) is 0.755. The number of halogens is 1. The van der Waals surface area contributed by atoms with Gasteiger partial charge in [0.05, 0.1) is 11.7 Å². The summed E-state index contributed by atoms with van der Waals surface area (Å²) >= 11 is 5.88. The van der Waals surface area contributed by atoms with Crippen LogP contribution >= 0.6 is 11.6 Å². The summed E-state index contributed by atoms with van der Waals surface area (Å²) in [7, 11) is 0. The van der Waals surface area contributed by atoms with Crippen molar-refractivity contribution in [2.75, 3.05) is 13.1 Å². The number of nitrogens with zero attached hydrogens (tertiary/aromatic N) is 2. The van der Waals surface area contributed by atoms with E-state index in [1.54, 1.807) is 17.4 Å². The molecule has 1 aromatic rings. The van der Waals surface area contributed by atoms with Crippen molar-refractivity contribution in [3.8, 4) is 0 Å². The van der Waals surface area contributed by atoms with Crippen molar-refractivity contribution in [3.63, 3.8) is 0 Å². The van der Waals surface area contributed by atoms with Crippen LogP contribution in [-0.4, -0.2) is 39.2 Å². The van der Waals surface area contributed by atoms with E-state index < -0.39 is 0 Å². The molecule has 1 amide bonds. The van der Waals surface area contributed by atoms with Gasteiger partial charge in [0, 0.05) is 37.8 Å². The highest BCUT2D eigenvalue weighted by atomic mass is 35.5. The molecule has 0 aliphatic carbocycles. The van der Waals surface area contributed by atoms with Crippen molar-refractivity contribution in [3.05, 3.63) is 18.2 Å². The third kappa shape index (κ3) is 2.07.